The third-order valence-corrected chi connectivity index (χ3v) is 3.44. The Kier molecular flexibility index (Phi) is 4.58. The molecule has 1 aliphatic heterocycles. The van der Waals surface area contributed by atoms with E-state index in [-0.39, 0.29) is 18.1 Å². The first-order valence-electron chi connectivity index (χ1n) is 5.99. The van der Waals surface area contributed by atoms with Crippen molar-refractivity contribution < 1.29 is 9.53 Å². The first kappa shape index (κ1) is 12.5. The molecule has 0 bridgehead atoms. The molecule has 0 aromatic carbocycles. The molecule has 0 aromatic heterocycles. The monoisotopic (exact) mass is 213 g/mol. The lowest BCUT2D eigenvalue weighted by Gasteiger charge is -2.25. The Morgan fingerprint density at radius 2 is 2.20 bits per heavy atom. The Balaban J connectivity index is 2.40. The first-order valence-corrected chi connectivity index (χ1v) is 5.99. The zero-order valence-corrected chi connectivity index (χ0v) is 10.0. The molecule has 0 aromatic rings. The van der Waals surface area contributed by atoms with E-state index >= 15 is 0 Å². The van der Waals surface area contributed by atoms with E-state index in [1.54, 1.807) is 0 Å². The molecule has 3 atom stereocenters. The molecule has 1 saturated heterocycles. The van der Waals surface area contributed by atoms with Crippen LogP contribution in [0.4, 0.5) is 0 Å². The summed E-state index contributed by atoms with van der Waals surface area (Å²) < 4.78 is 5.18. The highest BCUT2D eigenvalue weighted by atomic mass is 16.5. The molecule has 0 spiro atoms. The van der Waals surface area contributed by atoms with Crippen LogP contribution in [0.15, 0.2) is 0 Å². The van der Waals surface area contributed by atoms with Crippen LogP contribution in [0.2, 0.25) is 0 Å². The molecule has 3 unspecified atom stereocenters. The van der Waals surface area contributed by atoms with E-state index in [9.17, 15) is 4.79 Å². The molecule has 1 heterocycles. The standard InChI is InChI=1S/C12H23NO2/c1-4-9(8(2)3)7-10(13)11-5-6-12(14)15-11/h8-11H,4-7,13H2,1-3H3. The van der Waals surface area contributed by atoms with Gasteiger partial charge in [0.15, 0.2) is 0 Å². The fourth-order valence-electron chi connectivity index (χ4n) is 2.26. The topological polar surface area (TPSA) is 52.3 Å². The van der Waals surface area contributed by atoms with E-state index in [2.05, 4.69) is 20.8 Å². The molecule has 15 heavy (non-hydrogen) atoms. The normalized spacial score (nSPS) is 25.4. The lowest BCUT2D eigenvalue weighted by atomic mass is 9.85. The van der Waals surface area contributed by atoms with Gasteiger partial charge in [-0.3, -0.25) is 4.79 Å². The number of carbonyl (C=O) groups is 1. The summed E-state index contributed by atoms with van der Waals surface area (Å²) >= 11 is 0. The molecule has 0 saturated carbocycles. The Labute approximate surface area is 92.4 Å². The largest absolute Gasteiger partial charge is 0.461 e. The quantitative estimate of drug-likeness (QED) is 0.711. The summed E-state index contributed by atoms with van der Waals surface area (Å²) in [7, 11) is 0. The molecule has 3 nitrogen and oxygen atoms in total. The van der Waals surface area contributed by atoms with Crippen LogP contribution in [-0.2, 0) is 9.53 Å². The minimum absolute atomic E-state index is 0.0174. The van der Waals surface area contributed by atoms with Crippen LogP contribution in [0.3, 0.4) is 0 Å². The van der Waals surface area contributed by atoms with E-state index in [1.165, 1.54) is 0 Å². The van der Waals surface area contributed by atoms with E-state index in [1.807, 2.05) is 0 Å². The zero-order valence-electron chi connectivity index (χ0n) is 10.0. The van der Waals surface area contributed by atoms with E-state index < -0.39 is 0 Å². The summed E-state index contributed by atoms with van der Waals surface area (Å²) in [6.45, 7) is 6.64. The van der Waals surface area contributed by atoms with Gasteiger partial charge in [-0.05, 0) is 24.7 Å². The number of hydrogen-bond donors (Lipinski definition) is 1. The number of nitrogens with two attached hydrogens (primary N) is 1. The molecule has 88 valence electrons. The number of ether oxygens (including phenoxy) is 1. The van der Waals surface area contributed by atoms with Gasteiger partial charge in [0, 0.05) is 12.5 Å². The van der Waals surface area contributed by atoms with Crippen LogP contribution >= 0.6 is 0 Å². The number of cyclic esters (lactones) is 1. The molecule has 1 rings (SSSR count). The zero-order chi connectivity index (χ0) is 11.4. The maximum Gasteiger partial charge on any atom is 0.306 e. The SMILES string of the molecule is CCC(CC(N)C1CCC(=O)O1)C(C)C. The average molecular weight is 213 g/mol. The predicted octanol–water partition coefficient (Wildman–Crippen LogP) is 2.09. The minimum atomic E-state index is -0.0898. The molecule has 2 N–H and O–H groups in total. The second-order valence-corrected chi connectivity index (χ2v) is 4.88. The van der Waals surface area contributed by atoms with Crippen molar-refractivity contribution >= 4 is 5.97 Å². The van der Waals surface area contributed by atoms with E-state index in [4.69, 9.17) is 10.5 Å². The minimum Gasteiger partial charge on any atom is -0.461 e. The molecule has 0 aliphatic carbocycles. The molecule has 1 fully saturated rings. The highest BCUT2D eigenvalue weighted by molar-refractivity contribution is 5.71. The van der Waals surface area contributed by atoms with Gasteiger partial charge in [-0.2, -0.15) is 0 Å². The Morgan fingerprint density at radius 1 is 1.53 bits per heavy atom. The van der Waals surface area contributed by atoms with Crippen molar-refractivity contribution in [2.24, 2.45) is 17.6 Å². The summed E-state index contributed by atoms with van der Waals surface area (Å²) in [6, 6.07) is 0.0174. The van der Waals surface area contributed by atoms with Crippen molar-refractivity contribution in [3.05, 3.63) is 0 Å². The van der Waals surface area contributed by atoms with Crippen molar-refractivity contribution in [2.75, 3.05) is 0 Å². The smallest absolute Gasteiger partial charge is 0.306 e. The number of rotatable bonds is 5. The van der Waals surface area contributed by atoms with Gasteiger partial charge in [0.05, 0.1) is 0 Å². The van der Waals surface area contributed by atoms with Crippen LogP contribution < -0.4 is 5.73 Å². The van der Waals surface area contributed by atoms with Gasteiger partial charge >= 0.3 is 5.97 Å². The third-order valence-electron chi connectivity index (χ3n) is 3.44. The van der Waals surface area contributed by atoms with Gasteiger partial charge in [0.1, 0.15) is 6.10 Å². The molecule has 0 radical (unpaired) electrons. The Bertz CT molecular complexity index is 216. The summed E-state index contributed by atoms with van der Waals surface area (Å²) in [5.74, 6) is 1.20. The number of esters is 1. The van der Waals surface area contributed by atoms with Gasteiger partial charge in [0.2, 0.25) is 0 Å². The highest BCUT2D eigenvalue weighted by Crippen LogP contribution is 2.25. The van der Waals surface area contributed by atoms with E-state index in [0.29, 0.717) is 18.3 Å². The third kappa shape index (κ3) is 3.49. The van der Waals surface area contributed by atoms with Gasteiger partial charge < -0.3 is 10.5 Å². The van der Waals surface area contributed by atoms with Crippen LogP contribution in [0.1, 0.15) is 46.5 Å². The fraction of sp³-hybridized carbons (Fsp3) is 0.917. The molecular formula is C12H23NO2. The average Bonchev–Trinajstić information content (AvgIpc) is 2.60. The summed E-state index contributed by atoms with van der Waals surface area (Å²) in [5.41, 5.74) is 6.08. The summed E-state index contributed by atoms with van der Waals surface area (Å²) in [4.78, 5) is 11.0. The second-order valence-electron chi connectivity index (χ2n) is 4.88. The van der Waals surface area contributed by atoms with Crippen molar-refractivity contribution in [1.29, 1.82) is 0 Å². The maximum absolute atomic E-state index is 11.0. The maximum atomic E-state index is 11.0. The summed E-state index contributed by atoms with van der Waals surface area (Å²) in [6.07, 6.45) is 3.41. The lowest BCUT2D eigenvalue weighted by molar-refractivity contribution is -0.142. The van der Waals surface area contributed by atoms with Crippen LogP contribution in [0.5, 0.6) is 0 Å². The molecular weight excluding hydrogens is 190 g/mol. The number of carbonyl (C=O) groups excluding carboxylic acids is 1. The highest BCUT2D eigenvalue weighted by Gasteiger charge is 2.30. The predicted molar refractivity (Wildman–Crippen MR) is 60.3 cm³/mol. The Hall–Kier alpha value is -0.570. The number of hydrogen-bond acceptors (Lipinski definition) is 3. The van der Waals surface area contributed by atoms with Crippen LogP contribution in [0, 0.1) is 11.8 Å². The fourth-order valence-corrected chi connectivity index (χ4v) is 2.26. The lowest BCUT2D eigenvalue weighted by Crippen LogP contribution is -2.37. The van der Waals surface area contributed by atoms with E-state index in [0.717, 1.165) is 19.3 Å². The van der Waals surface area contributed by atoms with Crippen molar-refractivity contribution in [3.8, 4) is 0 Å². The van der Waals surface area contributed by atoms with Gasteiger partial charge in [0.25, 0.3) is 0 Å². The summed E-state index contributed by atoms with van der Waals surface area (Å²) in [5, 5.41) is 0. The van der Waals surface area contributed by atoms with Crippen molar-refractivity contribution in [1.82, 2.24) is 0 Å². The molecule has 0 amide bonds. The van der Waals surface area contributed by atoms with Crippen molar-refractivity contribution in [3.63, 3.8) is 0 Å². The van der Waals surface area contributed by atoms with Gasteiger partial charge in [-0.1, -0.05) is 27.2 Å². The van der Waals surface area contributed by atoms with Gasteiger partial charge in [-0.15, -0.1) is 0 Å². The van der Waals surface area contributed by atoms with Crippen LogP contribution in [-0.4, -0.2) is 18.1 Å². The Morgan fingerprint density at radius 3 is 2.60 bits per heavy atom. The molecule has 1 aliphatic rings. The van der Waals surface area contributed by atoms with Gasteiger partial charge in [-0.25, -0.2) is 0 Å². The van der Waals surface area contributed by atoms with Crippen molar-refractivity contribution in [2.45, 2.75) is 58.6 Å². The molecule has 3 heteroatoms. The first-order chi connectivity index (χ1) is 7.04. The van der Waals surface area contributed by atoms with Crippen LogP contribution in [0.25, 0.3) is 0 Å². The second kappa shape index (κ2) is 5.50.